The van der Waals surface area contributed by atoms with Crippen LogP contribution >= 0.6 is 0 Å². The fourth-order valence-corrected chi connectivity index (χ4v) is 2.81. The van der Waals surface area contributed by atoms with Gasteiger partial charge in [-0.05, 0) is 28.1 Å². The Morgan fingerprint density at radius 1 is 1.28 bits per heavy atom. The van der Waals surface area contributed by atoms with Crippen LogP contribution in [0.25, 0.3) is 0 Å². The lowest BCUT2D eigenvalue weighted by Gasteiger charge is -2.28. The number of carbonyl (C=O) groups excluding carboxylic acids is 1. The summed E-state index contributed by atoms with van der Waals surface area (Å²) in [6.45, 7) is 0.212. The first kappa shape index (κ1) is 16.9. The zero-order valence-electron chi connectivity index (χ0n) is 14.6. The minimum Gasteiger partial charge on any atom is -0.466 e. The van der Waals surface area contributed by atoms with E-state index < -0.39 is 12.0 Å². The Labute approximate surface area is 145 Å². The van der Waals surface area contributed by atoms with Crippen molar-refractivity contribution in [2.45, 2.75) is 6.04 Å². The lowest BCUT2D eigenvalue weighted by Crippen LogP contribution is -2.31. The number of ether oxygens (including phenoxy) is 2. The third kappa shape index (κ3) is 3.05. The predicted molar refractivity (Wildman–Crippen MR) is 91.3 cm³/mol. The Morgan fingerprint density at radius 2 is 2.00 bits per heavy atom. The molecule has 1 aliphatic rings. The molecular weight excluding hydrogens is 324 g/mol. The number of hydrogen-bond donors (Lipinski definition) is 1. The largest absolute Gasteiger partial charge is 0.466 e. The minimum atomic E-state index is -0.500. The monoisotopic (exact) mass is 344 g/mol. The Bertz CT molecular complexity index is 796. The second-order valence-electron chi connectivity index (χ2n) is 5.78. The van der Waals surface area contributed by atoms with E-state index in [9.17, 15) is 4.79 Å². The molecule has 25 heavy (non-hydrogen) atoms. The molecule has 1 aromatic heterocycles. The normalized spacial score (nSPS) is 16.2. The fourth-order valence-electron chi connectivity index (χ4n) is 2.81. The van der Waals surface area contributed by atoms with Crippen LogP contribution in [0.2, 0.25) is 0 Å². The highest BCUT2D eigenvalue weighted by Gasteiger charge is 2.35. The van der Waals surface area contributed by atoms with Crippen LogP contribution in [0.15, 0.2) is 35.5 Å². The highest BCUT2D eigenvalue weighted by molar-refractivity contribution is 5.92. The minimum absolute atomic E-state index is 0.212. The Hall–Kier alpha value is -2.94. The van der Waals surface area contributed by atoms with Crippen molar-refractivity contribution in [3.8, 4) is 0 Å². The van der Waals surface area contributed by atoms with Gasteiger partial charge >= 0.3 is 5.97 Å². The van der Waals surface area contributed by atoms with Crippen LogP contribution in [0, 0.1) is 0 Å². The second-order valence-corrected chi connectivity index (χ2v) is 5.78. The van der Waals surface area contributed by atoms with Crippen LogP contribution in [0.4, 0.5) is 11.6 Å². The van der Waals surface area contributed by atoms with Crippen LogP contribution in [0.1, 0.15) is 11.6 Å². The molecule has 0 spiro atoms. The van der Waals surface area contributed by atoms with E-state index in [0.29, 0.717) is 17.2 Å². The summed E-state index contributed by atoms with van der Waals surface area (Å²) < 4.78 is 11.8. The quantitative estimate of drug-likeness (QED) is 0.797. The number of nitrogens with one attached hydrogen (secondary N) is 1. The van der Waals surface area contributed by atoms with E-state index in [1.54, 1.807) is 11.8 Å². The topological polar surface area (TPSA) is 94.4 Å². The van der Waals surface area contributed by atoms with Gasteiger partial charge in [0.05, 0.1) is 25.0 Å². The summed E-state index contributed by atoms with van der Waals surface area (Å²) in [7, 11) is 6.84. The summed E-state index contributed by atoms with van der Waals surface area (Å²) in [5, 5.41) is 14.8. The number of esters is 1. The van der Waals surface area contributed by atoms with Gasteiger partial charge < -0.3 is 19.7 Å². The lowest BCUT2D eigenvalue weighted by molar-refractivity contribution is -0.136. The van der Waals surface area contributed by atoms with E-state index in [-0.39, 0.29) is 6.61 Å². The predicted octanol–water partition coefficient (Wildman–Crippen LogP) is 0.827. The Morgan fingerprint density at radius 3 is 2.60 bits per heavy atom. The number of carbonyl (C=O) groups is 1. The first-order chi connectivity index (χ1) is 12.1. The van der Waals surface area contributed by atoms with Crippen molar-refractivity contribution in [2.24, 2.45) is 0 Å². The van der Waals surface area contributed by atoms with Crippen molar-refractivity contribution in [3.05, 3.63) is 41.1 Å². The first-order valence-electron chi connectivity index (χ1n) is 7.69. The molecule has 2 aromatic rings. The molecular formula is C16H20N6O3. The lowest BCUT2D eigenvalue weighted by atomic mass is 9.95. The maximum Gasteiger partial charge on any atom is 0.338 e. The van der Waals surface area contributed by atoms with E-state index >= 15 is 0 Å². The van der Waals surface area contributed by atoms with E-state index in [1.807, 2.05) is 43.3 Å². The third-order valence-corrected chi connectivity index (χ3v) is 4.02. The average Bonchev–Trinajstić information content (AvgIpc) is 3.08. The van der Waals surface area contributed by atoms with Gasteiger partial charge in [0.15, 0.2) is 0 Å². The molecule has 1 N–H and O–H groups in total. The zero-order chi connectivity index (χ0) is 18.0. The van der Waals surface area contributed by atoms with Crippen LogP contribution in [-0.4, -0.2) is 61.1 Å². The van der Waals surface area contributed by atoms with Gasteiger partial charge in [-0.25, -0.2) is 4.79 Å². The SMILES string of the molecule is COCC1=C(C(=O)OC)C(c2ccc(N(C)C)cc2)n2nnnc2N1. The standard InChI is InChI=1S/C16H20N6O3/c1-21(2)11-7-5-10(6-8-11)14-13(15(23)25-4)12(9-24-3)17-16-18-19-20-22(14)16/h5-8,14H,9H2,1-4H3,(H,17,18,20). The molecule has 0 fully saturated rings. The number of fused-ring (bicyclic) bond motifs is 1. The molecule has 132 valence electrons. The van der Waals surface area contributed by atoms with Crippen LogP contribution in [-0.2, 0) is 14.3 Å². The number of rotatable bonds is 5. The molecule has 0 bridgehead atoms. The highest BCUT2D eigenvalue weighted by atomic mass is 16.5. The number of tetrazole rings is 1. The van der Waals surface area contributed by atoms with Gasteiger partial charge in [0.25, 0.3) is 0 Å². The van der Waals surface area contributed by atoms with Gasteiger partial charge in [-0.2, -0.15) is 4.68 Å². The molecule has 1 atom stereocenters. The van der Waals surface area contributed by atoms with Crippen molar-refractivity contribution in [3.63, 3.8) is 0 Å². The van der Waals surface area contributed by atoms with Crippen LogP contribution in [0.5, 0.6) is 0 Å². The summed E-state index contributed by atoms with van der Waals surface area (Å²) in [6, 6.07) is 7.35. The average molecular weight is 344 g/mol. The summed E-state index contributed by atoms with van der Waals surface area (Å²) in [5.41, 5.74) is 2.92. The van der Waals surface area contributed by atoms with Gasteiger partial charge in [-0.1, -0.05) is 17.2 Å². The van der Waals surface area contributed by atoms with Crippen LogP contribution < -0.4 is 10.2 Å². The summed E-state index contributed by atoms with van der Waals surface area (Å²) >= 11 is 0. The third-order valence-electron chi connectivity index (χ3n) is 4.02. The second kappa shape index (κ2) is 6.89. The number of aromatic nitrogens is 4. The molecule has 1 unspecified atom stereocenters. The summed E-state index contributed by atoms with van der Waals surface area (Å²) in [4.78, 5) is 14.5. The molecule has 9 nitrogen and oxygen atoms in total. The van der Waals surface area contributed by atoms with E-state index in [2.05, 4.69) is 20.8 Å². The fraction of sp³-hybridized carbons (Fsp3) is 0.375. The van der Waals surface area contributed by atoms with Crippen molar-refractivity contribution in [1.82, 2.24) is 20.2 Å². The molecule has 9 heteroatoms. The van der Waals surface area contributed by atoms with Crippen molar-refractivity contribution in [1.29, 1.82) is 0 Å². The van der Waals surface area contributed by atoms with E-state index in [0.717, 1.165) is 11.3 Å². The van der Waals surface area contributed by atoms with Gasteiger partial charge in [0, 0.05) is 26.9 Å². The van der Waals surface area contributed by atoms with E-state index in [4.69, 9.17) is 9.47 Å². The maximum absolute atomic E-state index is 12.5. The molecule has 1 aromatic carbocycles. The van der Waals surface area contributed by atoms with Gasteiger partial charge in [-0.3, -0.25) is 0 Å². The first-order valence-corrected chi connectivity index (χ1v) is 7.69. The van der Waals surface area contributed by atoms with Crippen molar-refractivity contribution >= 4 is 17.6 Å². The summed E-state index contributed by atoms with van der Waals surface area (Å²) in [5.74, 6) is -0.0104. The smallest absolute Gasteiger partial charge is 0.338 e. The number of anilines is 2. The van der Waals surface area contributed by atoms with Crippen molar-refractivity contribution in [2.75, 3.05) is 45.1 Å². The molecule has 0 aliphatic carbocycles. The molecule has 3 rings (SSSR count). The van der Waals surface area contributed by atoms with Gasteiger partial charge in [0.1, 0.15) is 6.04 Å². The maximum atomic E-state index is 12.5. The molecule has 0 radical (unpaired) electrons. The zero-order valence-corrected chi connectivity index (χ0v) is 14.6. The molecule has 1 aliphatic heterocycles. The van der Waals surface area contributed by atoms with Crippen LogP contribution in [0.3, 0.4) is 0 Å². The highest BCUT2D eigenvalue weighted by Crippen LogP contribution is 2.35. The Kier molecular flexibility index (Phi) is 4.66. The summed E-state index contributed by atoms with van der Waals surface area (Å²) in [6.07, 6.45) is 0. The number of hydrogen-bond acceptors (Lipinski definition) is 8. The van der Waals surface area contributed by atoms with Gasteiger partial charge in [0.2, 0.25) is 5.95 Å². The molecule has 0 amide bonds. The van der Waals surface area contributed by atoms with Gasteiger partial charge in [-0.15, -0.1) is 0 Å². The Balaban J connectivity index is 2.13. The molecule has 2 heterocycles. The number of nitrogens with zero attached hydrogens (tertiary/aromatic N) is 5. The number of methoxy groups -OCH3 is 2. The molecule has 0 saturated heterocycles. The number of benzene rings is 1. The molecule has 0 saturated carbocycles. The van der Waals surface area contributed by atoms with Crippen molar-refractivity contribution < 1.29 is 14.3 Å². The van der Waals surface area contributed by atoms with E-state index in [1.165, 1.54) is 7.11 Å².